The van der Waals surface area contributed by atoms with Gasteiger partial charge in [-0.3, -0.25) is 14.5 Å². The van der Waals surface area contributed by atoms with Gasteiger partial charge in [0, 0.05) is 44.5 Å². The average Bonchev–Trinajstić information content (AvgIpc) is 2.74. The molecular weight excluding hydrogens is 378 g/mol. The molecule has 1 saturated heterocycles. The first-order chi connectivity index (χ1) is 14.0. The van der Waals surface area contributed by atoms with Crippen LogP contribution in [0.15, 0.2) is 48.5 Å². The Hall–Kier alpha value is -3.00. The number of anilines is 2. The van der Waals surface area contributed by atoms with Gasteiger partial charge in [0.15, 0.2) is 0 Å². The summed E-state index contributed by atoms with van der Waals surface area (Å²) in [6.45, 7) is 4.89. The molecule has 0 atom stereocenters. The highest BCUT2D eigenvalue weighted by Gasteiger charge is 2.18. The Morgan fingerprint density at radius 1 is 0.931 bits per heavy atom. The zero-order valence-electron chi connectivity index (χ0n) is 16.0. The molecule has 1 aliphatic heterocycles. The Balaban J connectivity index is 1.33. The summed E-state index contributed by atoms with van der Waals surface area (Å²) in [5.41, 5.74) is 0.863. The standard InChI is InChI=1S/C21H24F2N4O2/c22-16-7-8-18(23)19(15-16)25-21(29)20(28)24-9-4-10-26-11-13-27(14-12-26)17-5-2-1-3-6-17/h1-3,5-8,15H,4,9-14H2,(H,24,28)(H,25,29). The highest BCUT2D eigenvalue weighted by molar-refractivity contribution is 6.39. The van der Waals surface area contributed by atoms with E-state index in [1.807, 2.05) is 18.2 Å². The van der Waals surface area contributed by atoms with E-state index in [-0.39, 0.29) is 5.69 Å². The largest absolute Gasteiger partial charge is 0.369 e. The lowest BCUT2D eigenvalue weighted by molar-refractivity contribution is -0.136. The highest BCUT2D eigenvalue weighted by Crippen LogP contribution is 2.16. The monoisotopic (exact) mass is 402 g/mol. The topological polar surface area (TPSA) is 64.7 Å². The van der Waals surface area contributed by atoms with Gasteiger partial charge in [-0.15, -0.1) is 0 Å². The molecule has 2 aromatic rings. The van der Waals surface area contributed by atoms with Gasteiger partial charge in [-0.05, 0) is 37.2 Å². The van der Waals surface area contributed by atoms with E-state index in [0.29, 0.717) is 13.0 Å². The number of hydrogen-bond acceptors (Lipinski definition) is 4. The van der Waals surface area contributed by atoms with Crippen LogP contribution in [-0.4, -0.2) is 56.0 Å². The molecule has 8 heteroatoms. The van der Waals surface area contributed by atoms with Crippen LogP contribution in [0, 0.1) is 11.6 Å². The van der Waals surface area contributed by atoms with E-state index in [1.165, 1.54) is 5.69 Å². The second-order valence-corrected chi connectivity index (χ2v) is 6.85. The number of carbonyl (C=O) groups excluding carboxylic acids is 2. The van der Waals surface area contributed by atoms with Crippen LogP contribution in [0.5, 0.6) is 0 Å². The van der Waals surface area contributed by atoms with Crippen molar-refractivity contribution in [2.24, 2.45) is 0 Å². The minimum atomic E-state index is -1.02. The maximum Gasteiger partial charge on any atom is 0.313 e. The van der Waals surface area contributed by atoms with Gasteiger partial charge in [-0.1, -0.05) is 18.2 Å². The zero-order chi connectivity index (χ0) is 20.6. The molecule has 0 unspecified atom stereocenters. The summed E-state index contributed by atoms with van der Waals surface area (Å²) in [5.74, 6) is -3.40. The third kappa shape index (κ3) is 5.99. The van der Waals surface area contributed by atoms with Gasteiger partial charge in [0.1, 0.15) is 11.6 Å². The Morgan fingerprint density at radius 3 is 2.38 bits per heavy atom. The fraction of sp³-hybridized carbons (Fsp3) is 0.333. The molecule has 2 aromatic carbocycles. The third-order valence-electron chi connectivity index (χ3n) is 4.81. The van der Waals surface area contributed by atoms with Crippen molar-refractivity contribution in [1.29, 1.82) is 0 Å². The lowest BCUT2D eigenvalue weighted by Crippen LogP contribution is -2.47. The summed E-state index contributed by atoms with van der Waals surface area (Å²) in [5, 5.41) is 4.59. The van der Waals surface area contributed by atoms with Crippen LogP contribution >= 0.6 is 0 Å². The summed E-state index contributed by atoms with van der Waals surface area (Å²) in [6.07, 6.45) is 0.693. The van der Waals surface area contributed by atoms with Gasteiger partial charge in [-0.25, -0.2) is 8.78 Å². The molecule has 1 fully saturated rings. The number of nitrogens with zero attached hydrogens (tertiary/aromatic N) is 2. The van der Waals surface area contributed by atoms with E-state index < -0.39 is 23.4 Å². The lowest BCUT2D eigenvalue weighted by atomic mass is 10.2. The molecule has 0 aliphatic carbocycles. The predicted octanol–water partition coefficient (Wildman–Crippen LogP) is 2.23. The van der Waals surface area contributed by atoms with E-state index in [0.717, 1.165) is 50.9 Å². The molecule has 1 heterocycles. The van der Waals surface area contributed by atoms with E-state index >= 15 is 0 Å². The quantitative estimate of drug-likeness (QED) is 0.575. The molecule has 0 bridgehead atoms. The summed E-state index contributed by atoms with van der Waals surface area (Å²) in [7, 11) is 0. The number of hydrogen-bond donors (Lipinski definition) is 2. The second kappa shape index (κ2) is 9.97. The number of piperazine rings is 1. The van der Waals surface area contributed by atoms with Crippen LogP contribution in [0.2, 0.25) is 0 Å². The summed E-state index contributed by atoms with van der Waals surface area (Å²) < 4.78 is 26.6. The number of benzene rings is 2. The first kappa shape index (κ1) is 20.7. The normalized spacial score (nSPS) is 14.5. The molecular formula is C21H24F2N4O2. The van der Waals surface area contributed by atoms with E-state index in [2.05, 4.69) is 32.6 Å². The van der Waals surface area contributed by atoms with Gasteiger partial charge in [-0.2, -0.15) is 0 Å². The molecule has 0 saturated carbocycles. The number of rotatable bonds is 6. The van der Waals surface area contributed by atoms with Crippen molar-refractivity contribution < 1.29 is 18.4 Å². The number of nitrogens with one attached hydrogen (secondary N) is 2. The van der Waals surface area contributed by atoms with Crippen LogP contribution in [0.25, 0.3) is 0 Å². The maximum absolute atomic E-state index is 13.5. The number of halogens is 2. The van der Waals surface area contributed by atoms with Crippen LogP contribution < -0.4 is 15.5 Å². The maximum atomic E-state index is 13.5. The van der Waals surface area contributed by atoms with E-state index in [9.17, 15) is 18.4 Å². The smallest absolute Gasteiger partial charge is 0.313 e. The highest BCUT2D eigenvalue weighted by atomic mass is 19.1. The lowest BCUT2D eigenvalue weighted by Gasteiger charge is -2.36. The first-order valence-corrected chi connectivity index (χ1v) is 9.59. The fourth-order valence-corrected chi connectivity index (χ4v) is 3.23. The Morgan fingerprint density at radius 2 is 1.66 bits per heavy atom. The SMILES string of the molecule is O=C(NCCCN1CCN(c2ccccc2)CC1)C(=O)Nc1cc(F)ccc1F. The molecule has 154 valence electrons. The number of para-hydroxylation sites is 1. The Labute approximate surface area is 168 Å². The van der Waals surface area contributed by atoms with Crippen molar-refractivity contribution in [3.8, 4) is 0 Å². The Bertz CT molecular complexity index is 840. The zero-order valence-corrected chi connectivity index (χ0v) is 16.0. The van der Waals surface area contributed by atoms with Crippen molar-refractivity contribution in [2.75, 3.05) is 49.5 Å². The summed E-state index contributed by atoms with van der Waals surface area (Å²) in [4.78, 5) is 28.3. The number of amides is 2. The Kier molecular flexibility index (Phi) is 7.13. The molecule has 0 spiro atoms. The van der Waals surface area contributed by atoms with Crippen LogP contribution in [0.4, 0.5) is 20.2 Å². The van der Waals surface area contributed by atoms with Gasteiger partial charge in [0.25, 0.3) is 0 Å². The molecule has 6 nitrogen and oxygen atoms in total. The van der Waals surface area contributed by atoms with Crippen molar-refractivity contribution in [1.82, 2.24) is 10.2 Å². The van der Waals surface area contributed by atoms with Crippen LogP contribution in [0.1, 0.15) is 6.42 Å². The first-order valence-electron chi connectivity index (χ1n) is 9.59. The van der Waals surface area contributed by atoms with Gasteiger partial charge in [0.05, 0.1) is 5.69 Å². The molecule has 0 aromatic heterocycles. The minimum Gasteiger partial charge on any atom is -0.369 e. The summed E-state index contributed by atoms with van der Waals surface area (Å²) >= 11 is 0. The van der Waals surface area contributed by atoms with Crippen molar-refractivity contribution in [3.63, 3.8) is 0 Å². The van der Waals surface area contributed by atoms with Crippen molar-refractivity contribution in [2.45, 2.75) is 6.42 Å². The molecule has 3 rings (SSSR count). The average molecular weight is 402 g/mol. The van der Waals surface area contributed by atoms with Crippen molar-refractivity contribution >= 4 is 23.2 Å². The summed E-state index contributed by atoms with van der Waals surface area (Å²) in [6, 6.07) is 12.9. The van der Waals surface area contributed by atoms with Gasteiger partial charge >= 0.3 is 11.8 Å². The molecule has 2 N–H and O–H groups in total. The third-order valence-corrected chi connectivity index (χ3v) is 4.81. The van der Waals surface area contributed by atoms with Gasteiger partial charge in [0.2, 0.25) is 0 Å². The fourth-order valence-electron chi connectivity index (χ4n) is 3.23. The van der Waals surface area contributed by atoms with Gasteiger partial charge < -0.3 is 15.5 Å². The van der Waals surface area contributed by atoms with E-state index in [1.54, 1.807) is 0 Å². The molecule has 2 amide bonds. The molecule has 1 aliphatic rings. The second-order valence-electron chi connectivity index (χ2n) is 6.85. The van der Waals surface area contributed by atoms with E-state index in [4.69, 9.17) is 0 Å². The minimum absolute atomic E-state index is 0.330. The molecule has 29 heavy (non-hydrogen) atoms. The number of carbonyl (C=O) groups is 2. The molecule has 0 radical (unpaired) electrons. The predicted molar refractivity (Wildman–Crippen MR) is 108 cm³/mol. The van der Waals surface area contributed by atoms with Crippen LogP contribution in [-0.2, 0) is 9.59 Å². The van der Waals surface area contributed by atoms with Crippen LogP contribution in [0.3, 0.4) is 0 Å². The van der Waals surface area contributed by atoms with Crippen molar-refractivity contribution in [3.05, 3.63) is 60.2 Å².